The summed E-state index contributed by atoms with van der Waals surface area (Å²) in [5.74, 6) is -4.49. The topological polar surface area (TPSA) is 171 Å². The van der Waals surface area contributed by atoms with Crippen LogP contribution < -0.4 is 16.0 Å². The monoisotopic (exact) mass is 529 g/mol. The molecule has 1 aliphatic rings. The number of ether oxygens (including phenoxy) is 1. The predicted octanol–water partition coefficient (Wildman–Crippen LogP) is 1.37. The van der Waals surface area contributed by atoms with E-state index in [-0.39, 0.29) is 24.7 Å². The molecule has 11 nitrogen and oxygen atoms in total. The lowest BCUT2D eigenvalue weighted by Gasteiger charge is -2.20. The summed E-state index contributed by atoms with van der Waals surface area (Å²) in [5, 5.41) is 24.8. The number of thiol groups is 1. The number of alkyl carbamates (subject to hydrolysis) is 1. The fourth-order valence-corrected chi connectivity index (χ4v) is 4.30. The molecule has 0 heterocycles. The highest BCUT2D eigenvalue weighted by Gasteiger charge is 2.29. The number of benzene rings is 2. The van der Waals surface area contributed by atoms with Crippen LogP contribution in [0.4, 0.5) is 4.79 Å². The number of carboxylic acids is 2. The summed E-state index contributed by atoms with van der Waals surface area (Å²) in [6.45, 7) is -0.425. The molecule has 0 unspecified atom stereocenters. The second-order valence-electron chi connectivity index (χ2n) is 8.31. The van der Waals surface area contributed by atoms with Crippen molar-refractivity contribution in [2.45, 2.75) is 30.8 Å². The van der Waals surface area contributed by atoms with E-state index in [0.717, 1.165) is 22.3 Å². The van der Waals surface area contributed by atoms with Crippen LogP contribution in [0.3, 0.4) is 0 Å². The van der Waals surface area contributed by atoms with Gasteiger partial charge >= 0.3 is 18.0 Å². The van der Waals surface area contributed by atoms with Crippen molar-refractivity contribution < 1.29 is 38.9 Å². The van der Waals surface area contributed by atoms with Crippen LogP contribution in [-0.4, -0.2) is 71.0 Å². The van der Waals surface area contributed by atoms with Gasteiger partial charge in [-0.05, 0) is 28.7 Å². The summed E-state index contributed by atoms with van der Waals surface area (Å²) in [7, 11) is 0. The van der Waals surface area contributed by atoms with Gasteiger partial charge in [-0.25, -0.2) is 9.59 Å². The van der Waals surface area contributed by atoms with Crippen LogP contribution in [0.2, 0.25) is 0 Å². The van der Waals surface area contributed by atoms with Crippen LogP contribution >= 0.6 is 12.6 Å². The van der Waals surface area contributed by atoms with E-state index >= 15 is 0 Å². The van der Waals surface area contributed by atoms with Crippen molar-refractivity contribution in [1.82, 2.24) is 16.0 Å². The van der Waals surface area contributed by atoms with E-state index in [1.807, 2.05) is 48.5 Å². The first-order chi connectivity index (χ1) is 17.7. The summed E-state index contributed by atoms with van der Waals surface area (Å²) in [6.07, 6.45) is -1.60. The molecule has 5 N–H and O–H groups in total. The number of hydrogen-bond donors (Lipinski definition) is 6. The van der Waals surface area contributed by atoms with Crippen LogP contribution in [0, 0.1) is 0 Å². The van der Waals surface area contributed by atoms with Gasteiger partial charge in [-0.2, -0.15) is 12.6 Å². The van der Waals surface area contributed by atoms with Gasteiger partial charge in [0.1, 0.15) is 25.2 Å². The molecule has 37 heavy (non-hydrogen) atoms. The molecule has 0 radical (unpaired) electrons. The van der Waals surface area contributed by atoms with Crippen LogP contribution in [0.1, 0.15) is 29.9 Å². The van der Waals surface area contributed by atoms with Gasteiger partial charge in [-0.3, -0.25) is 14.4 Å². The summed E-state index contributed by atoms with van der Waals surface area (Å²) in [5.41, 5.74) is 4.24. The number of amides is 3. The third-order valence-corrected chi connectivity index (χ3v) is 6.20. The number of fused-ring (bicyclic) bond motifs is 3. The molecule has 2 aromatic carbocycles. The Balaban J connectivity index is 1.48. The Morgan fingerprint density at radius 1 is 0.892 bits per heavy atom. The quantitative estimate of drug-likeness (QED) is 0.224. The van der Waals surface area contributed by atoms with E-state index in [0.29, 0.717) is 0 Å². The van der Waals surface area contributed by atoms with Crippen molar-refractivity contribution in [3.05, 3.63) is 59.7 Å². The minimum atomic E-state index is -1.44. The van der Waals surface area contributed by atoms with Crippen LogP contribution in [0.15, 0.2) is 48.5 Å². The fourth-order valence-electron chi connectivity index (χ4n) is 4.04. The van der Waals surface area contributed by atoms with E-state index in [2.05, 4.69) is 28.6 Å². The molecule has 196 valence electrons. The molecule has 2 aromatic rings. The third kappa shape index (κ3) is 7.23. The van der Waals surface area contributed by atoms with Gasteiger partial charge in [0, 0.05) is 18.1 Å². The second kappa shape index (κ2) is 12.8. The van der Waals surface area contributed by atoms with Crippen molar-refractivity contribution in [3.63, 3.8) is 0 Å². The zero-order valence-corrected chi connectivity index (χ0v) is 20.6. The average molecular weight is 530 g/mol. The Morgan fingerprint density at radius 2 is 1.49 bits per heavy atom. The third-order valence-electron chi connectivity index (χ3n) is 5.83. The molecule has 1 aliphatic carbocycles. The first-order valence-electron chi connectivity index (χ1n) is 11.4. The number of rotatable bonds is 12. The Bertz CT molecular complexity index is 1140. The van der Waals surface area contributed by atoms with Gasteiger partial charge in [0.15, 0.2) is 0 Å². The number of hydrogen-bond acceptors (Lipinski definition) is 7. The van der Waals surface area contributed by atoms with Gasteiger partial charge in [0.25, 0.3) is 0 Å². The first-order valence-corrected chi connectivity index (χ1v) is 12.1. The van der Waals surface area contributed by atoms with Gasteiger partial charge in [0.2, 0.25) is 11.8 Å². The van der Waals surface area contributed by atoms with Crippen LogP contribution in [0.5, 0.6) is 0 Å². The normalized spacial score (nSPS) is 13.4. The predicted molar refractivity (Wildman–Crippen MR) is 135 cm³/mol. The smallest absolute Gasteiger partial charge is 0.407 e. The SMILES string of the molecule is O=C(O)CC[C@H](NC(=O)[C@H](CS)NC(=O)CNC(=O)OCC1c2ccccc2-c2ccccc21)C(=O)O. The second-order valence-corrected chi connectivity index (χ2v) is 8.68. The summed E-state index contributed by atoms with van der Waals surface area (Å²) < 4.78 is 5.36. The number of carbonyl (C=O) groups is 5. The number of aliphatic carboxylic acids is 2. The van der Waals surface area contributed by atoms with Gasteiger partial charge < -0.3 is 30.9 Å². The van der Waals surface area contributed by atoms with Crippen molar-refractivity contribution in [2.75, 3.05) is 18.9 Å². The number of carboxylic acid groups (broad SMARTS) is 2. The molecule has 0 bridgehead atoms. The molecule has 3 rings (SSSR count). The molecule has 0 fully saturated rings. The largest absolute Gasteiger partial charge is 0.481 e. The molecule has 3 amide bonds. The average Bonchev–Trinajstić information content (AvgIpc) is 3.20. The van der Waals surface area contributed by atoms with Gasteiger partial charge in [-0.15, -0.1) is 0 Å². The van der Waals surface area contributed by atoms with E-state index < -0.39 is 54.9 Å². The number of carbonyl (C=O) groups excluding carboxylic acids is 3. The molecule has 0 spiro atoms. The lowest BCUT2D eigenvalue weighted by Crippen LogP contribution is -2.54. The van der Waals surface area contributed by atoms with E-state index in [9.17, 15) is 29.1 Å². The van der Waals surface area contributed by atoms with E-state index in [1.54, 1.807) is 0 Å². The van der Waals surface area contributed by atoms with E-state index in [1.165, 1.54) is 0 Å². The maximum atomic E-state index is 12.4. The maximum Gasteiger partial charge on any atom is 0.407 e. The molecular weight excluding hydrogens is 502 g/mol. The molecule has 0 saturated carbocycles. The van der Waals surface area contributed by atoms with Crippen molar-refractivity contribution in [2.24, 2.45) is 0 Å². The molecule has 0 saturated heterocycles. The molecule has 0 aromatic heterocycles. The summed E-state index contributed by atoms with van der Waals surface area (Å²) in [4.78, 5) is 58.8. The fraction of sp³-hybridized carbons (Fsp3) is 0.320. The molecule has 12 heteroatoms. The number of nitrogens with one attached hydrogen (secondary N) is 3. The minimum absolute atomic E-state index is 0.0655. The van der Waals surface area contributed by atoms with Crippen LogP contribution in [0.25, 0.3) is 11.1 Å². The summed E-state index contributed by atoms with van der Waals surface area (Å²) in [6, 6.07) is 13.1. The first kappa shape index (κ1) is 27.5. The minimum Gasteiger partial charge on any atom is -0.481 e. The lowest BCUT2D eigenvalue weighted by atomic mass is 9.98. The van der Waals surface area contributed by atoms with Gasteiger partial charge in [-0.1, -0.05) is 48.5 Å². The van der Waals surface area contributed by atoms with Gasteiger partial charge in [0.05, 0.1) is 0 Å². The standard InChI is InChI=1S/C25H27N3O8S/c29-21(27-20(13-37)23(32)28-19(24(33)34)9-10-22(30)31)11-26-25(35)36-12-18-16-7-3-1-5-14(16)15-6-2-4-8-17(15)18/h1-8,18-20,37H,9-13H2,(H,26,35)(H,27,29)(H,28,32)(H,30,31)(H,33,34)/t19-,20-/m0/s1. The molecule has 2 atom stereocenters. The molecular formula is C25H27N3O8S. The zero-order chi connectivity index (χ0) is 26.9. The highest BCUT2D eigenvalue weighted by Crippen LogP contribution is 2.44. The van der Waals surface area contributed by atoms with Crippen molar-refractivity contribution in [3.8, 4) is 11.1 Å². The van der Waals surface area contributed by atoms with E-state index in [4.69, 9.17) is 9.84 Å². The van der Waals surface area contributed by atoms with Crippen molar-refractivity contribution >= 4 is 42.5 Å². The highest BCUT2D eigenvalue weighted by atomic mass is 32.1. The zero-order valence-electron chi connectivity index (χ0n) is 19.7. The van der Waals surface area contributed by atoms with Crippen LogP contribution in [-0.2, 0) is 23.9 Å². The Morgan fingerprint density at radius 3 is 2.03 bits per heavy atom. The molecule has 0 aliphatic heterocycles. The Kier molecular flexibility index (Phi) is 9.50. The van der Waals surface area contributed by atoms with Crippen molar-refractivity contribution in [1.29, 1.82) is 0 Å². The summed E-state index contributed by atoms with van der Waals surface area (Å²) >= 11 is 4.00. The Labute approximate surface area is 218 Å². The Hall–Kier alpha value is -4.06. The lowest BCUT2D eigenvalue weighted by molar-refractivity contribution is -0.143. The maximum absolute atomic E-state index is 12.4. The highest BCUT2D eigenvalue weighted by molar-refractivity contribution is 7.80.